The highest BCUT2D eigenvalue weighted by molar-refractivity contribution is 4.64. The van der Waals surface area contributed by atoms with Gasteiger partial charge in [-0.3, -0.25) is 0 Å². The molecule has 0 amide bonds. The molecule has 2 nitrogen and oxygen atoms in total. The molecule has 1 N–H and O–H groups in total. The van der Waals surface area contributed by atoms with Gasteiger partial charge in [-0.2, -0.15) is 13.2 Å². The Balaban J connectivity index is 3.13. The van der Waals surface area contributed by atoms with E-state index in [4.69, 9.17) is 9.84 Å². The largest absolute Gasteiger partial charge is 0.414 e. The minimum atomic E-state index is -4.46. The van der Waals surface area contributed by atoms with Gasteiger partial charge in [-0.15, -0.1) is 0 Å². The Morgan fingerprint density at radius 2 is 1.29 bits per heavy atom. The van der Waals surface area contributed by atoms with Gasteiger partial charge in [0.25, 0.3) is 0 Å². The van der Waals surface area contributed by atoms with Crippen molar-refractivity contribution in [1.29, 1.82) is 0 Å². The van der Waals surface area contributed by atoms with Crippen LogP contribution in [0.25, 0.3) is 0 Å². The van der Waals surface area contributed by atoms with Crippen LogP contribution in [0.5, 0.6) is 0 Å². The number of hydrogen-bond acceptors (Lipinski definition) is 2. The normalized spacial score (nSPS) is 13.6. The van der Waals surface area contributed by atoms with Crippen LogP contribution >= 0.6 is 0 Å². The number of hydrogen-bond donors (Lipinski definition) is 1. The Kier molecular flexibility index (Phi) is 13.2. The Morgan fingerprint density at radius 1 is 0.810 bits per heavy atom. The third kappa shape index (κ3) is 14.4. The molecule has 0 saturated heterocycles. The van der Waals surface area contributed by atoms with Gasteiger partial charge in [-0.05, 0) is 19.3 Å². The summed E-state index contributed by atoms with van der Waals surface area (Å²) in [6, 6.07) is 0. The molecule has 0 radical (unpaired) electrons. The second kappa shape index (κ2) is 13.4. The number of alkyl halides is 3. The molecule has 0 aliphatic rings. The molecule has 0 heterocycles. The molecule has 0 aromatic carbocycles. The molecule has 0 rings (SSSR count). The molecule has 0 bridgehead atoms. The lowest BCUT2D eigenvalue weighted by Gasteiger charge is -2.13. The van der Waals surface area contributed by atoms with Crippen molar-refractivity contribution in [3.8, 4) is 0 Å². The van der Waals surface area contributed by atoms with Crippen molar-refractivity contribution in [2.24, 2.45) is 0 Å². The summed E-state index contributed by atoms with van der Waals surface area (Å²) in [6.45, 7) is 3.85. The van der Waals surface area contributed by atoms with Gasteiger partial charge in [0, 0.05) is 13.2 Å². The summed E-state index contributed by atoms with van der Waals surface area (Å²) in [6.07, 6.45) is 3.33. The summed E-state index contributed by atoms with van der Waals surface area (Å²) in [5, 5.41) is 8.83. The average Bonchev–Trinajstić information content (AvgIpc) is 2.42. The Bertz CT molecular complexity index is 220. The molecular weight excluding hydrogens is 281 g/mol. The van der Waals surface area contributed by atoms with Crippen molar-refractivity contribution in [2.45, 2.75) is 89.8 Å². The quantitative estimate of drug-likeness (QED) is 0.445. The maximum absolute atomic E-state index is 12.0. The number of ether oxygens (including phenoxy) is 1. The number of unbranched alkanes of at least 4 members (excludes halogenated alkanes) is 8. The molecular formula is C16H31F3O2. The van der Waals surface area contributed by atoms with Crippen molar-refractivity contribution in [2.75, 3.05) is 13.2 Å². The summed E-state index contributed by atoms with van der Waals surface area (Å²) in [5.41, 5.74) is 0. The number of rotatable bonds is 14. The molecule has 0 aliphatic heterocycles. The molecule has 0 saturated carbocycles. The van der Waals surface area contributed by atoms with Crippen molar-refractivity contribution >= 4 is 0 Å². The van der Waals surface area contributed by atoms with E-state index >= 15 is 0 Å². The fourth-order valence-corrected chi connectivity index (χ4v) is 2.11. The highest BCUT2D eigenvalue weighted by Crippen LogP contribution is 2.24. The van der Waals surface area contributed by atoms with Crippen molar-refractivity contribution in [1.82, 2.24) is 0 Å². The summed E-state index contributed by atoms with van der Waals surface area (Å²) < 4.78 is 41.6. The van der Waals surface area contributed by atoms with E-state index in [-0.39, 0.29) is 6.42 Å². The van der Waals surface area contributed by atoms with E-state index in [1.807, 2.05) is 0 Å². The molecule has 0 fully saturated rings. The molecule has 0 aromatic rings. The maximum atomic E-state index is 12.0. The lowest BCUT2D eigenvalue weighted by Crippen LogP contribution is -2.28. The second-order valence-corrected chi connectivity index (χ2v) is 5.64. The van der Waals surface area contributed by atoms with Crippen molar-refractivity contribution < 1.29 is 23.0 Å². The highest BCUT2D eigenvalue weighted by atomic mass is 19.4. The van der Waals surface area contributed by atoms with E-state index in [0.29, 0.717) is 6.42 Å². The topological polar surface area (TPSA) is 29.5 Å². The molecule has 1 unspecified atom stereocenters. The van der Waals surface area contributed by atoms with Crippen molar-refractivity contribution in [3.05, 3.63) is 0 Å². The predicted molar refractivity (Wildman–Crippen MR) is 79.3 cm³/mol. The number of aliphatic hydroxyl groups excluding tert-OH is 1. The Hall–Kier alpha value is -0.290. The molecule has 128 valence electrons. The molecule has 0 aliphatic carbocycles. The first-order valence-corrected chi connectivity index (χ1v) is 8.31. The van der Waals surface area contributed by atoms with Gasteiger partial charge in [0.2, 0.25) is 0 Å². The van der Waals surface area contributed by atoms with Gasteiger partial charge in [-0.25, -0.2) is 0 Å². The minimum Gasteiger partial charge on any atom is -0.384 e. The van der Waals surface area contributed by atoms with E-state index in [0.717, 1.165) is 51.7 Å². The maximum Gasteiger partial charge on any atom is 0.414 e. The lowest BCUT2D eigenvalue weighted by molar-refractivity contribution is -0.205. The smallest absolute Gasteiger partial charge is 0.384 e. The zero-order valence-corrected chi connectivity index (χ0v) is 13.3. The van der Waals surface area contributed by atoms with Crippen LogP contribution in [-0.2, 0) is 4.74 Å². The van der Waals surface area contributed by atoms with Crippen LogP contribution < -0.4 is 0 Å². The molecule has 21 heavy (non-hydrogen) atoms. The van der Waals surface area contributed by atoms with Gasteiger partial charge >= 0.3 is 6.18 Å². The van der Waals surface area contributed by atoms with Gasteiger partial charge in [0.15, 0.2) is 0 Å². The Morgan fingerprint density at radius 3 is 1.81 bits per heavy atom. The fraction of sp³-hybridized carbons (Fsp3) is 1.00. The standard InChI is InChI=1S/C16H31F3O2/c1-2-3-13-21-14-11-9-7-5-4-6-8-10-12-15(20)16(17,18)19/h15,20H,2-14H2,1H3. The third-order valence-corrected chi connectivity index (χ3v) is 3.54. The van der Waals surface area contributed by atoms with E-state index in [1.165, 1.54) is 19.3 Å². The third-order valence-electron chi connectivity index (χ3n) is 3.54. The molecule has 0 aromatic heterocycles. The summed E-state index contributed by atoms with van der Waals surface area (Å²) in [4.78, 5) is 0. The molecule has 0 spiro atoms. The van der Waals surface area contributed by atoms with E-state index in [9.17, 15) is 13.2 Å². The van der Waals surface area contributed by atoms with E-state index < -0.39 is 12.3 Å². The van der Waals surface area contributed by atoms with Crippen LogP contribution in [0, 0.1) is 0 Å². The Labute approximate surface area is 127 Å². The summed E-state index contributed by atoms with van der Waals surface area (Å²) >= 11 is 0. The lowest BCUT2D eigenvalue weighted by atomic mass is 10.1. The first-order chi connectivity index (χ1) is 9.98. The van der Waals surface area contributed by atoms with Gasteiger partial charge in [0.05, 0.1) is 0 Å². The van der Waals surface area contributed by atoms with E-state index in [2.05, 4.69) is 6.92 Å². The minimum absolute atomic E-state index is 0.168. The SMILES string of the molecule is CCCCOCCCCCCCCCCC(O)C(F)(F)F. The molecule has 1 atom stereocenters. The number of aliphatic hydroxyl groups is 1. The monoisotopic (exact) mass is 312 g/mol. The first-order valence-electron chi connectivity index (χ1n) is 8.31. The highest BCUT2D eigenvalue weighted by Gasteiger charge is 2.37. The first kappa shape index (κ1) is 20.7. The van der Waals surface area contributed by atoms with Crippen LogP contribution in [0.1, 0.15) is 77.6 Å². The summed E-state index contributed by atoms with van der Waals surface area (Å²) in [5.74, 6) is 0. The summed E-state index contributed by atoms with van der Waals surface area (Å²) in [7, 11) is 0. The van der Waals surface area contributed by atoms with Crippen molar-refractivity contribution in [3.63, 3.8) is 0 Å². The molecule has 5 heteroatoms. The van der Waals surface area contributed by atoms with Gasteiger partial charge in [0.1, 0.15) is 6.10 Å². The van der Waals surface area contributed by atoms with Crippen LogP contribution in [0.4, 0.5) is 13.2 Å². The zero-order chi connectivity index (χ0) is 16.0. The fourth-order valence-electron chi connectivity index (χ4n) is 2.11. The predicted octanol–water partition coefficient (Wildman–Crippen LogP) is 5.24. The van der Waals surface area contributed by atoms with Gasteiger partial charge < -0.3 is 9.84 Å². The van der Waals surface area contributed by atoms with Crippen LogP contribution in [0.2, 0.25) is 0 Å². The van der Waals surface area contributed by atoms with Crippen LogP contribution in [0.15, 0.2) is 0 Å². The zero-order valence-electron chi connectivity index (χ0n) is 13.3. The second-order valence-electron chi connectivity index (χ2n) is 5.64. The average molecular weight is 312 g/mol. The van der Waals surface area contributed by atoms with Crippen LogP contribution in [0.3, 0.4) is 0 Å². The van der Waals surface area contributed by atoms with Gasteiger partial charge in [-0.1, -0.05) is 58.3 Å². The number of halogens is 3. The van der Waals surface area contributed by atoms with Crippen LogP contribution in [-0.4, -0.2) is 30.6 Å². The van der Waals surface area contributed by atoms with E-state index in [1.54, 1.807) is 0 Å².